The van der Waals surface area contributed by atoms with Crippen molar-refractivity contribution in [3.05, 3.63) is 81.0 Å². The van der Waals surface area contributed by atoms with Crippen molar-refractivity contribution in [2.45, 2.75) is 11.8 Å². The molecule has 0 unspecified atom stereocenters. The van der Waals surface area contributed by atoms with Crippen LogP contribution in [0.4, 0.5) is 5.69 Å². The lowest BCUT2D eigenvalue weighted by molar-refractivity contribution is 0.0475. The van der Waals surface area contributed by atoms with E-state index in [4.69, 9.17) is 16.3 Å². The summed E-state index contributed by atoms with van der Waals surface area (Å²) in [6.45, 7) is 1.46. The molecule has 30 heavy (non-hydrogen) atoms. The molecule has 6 nitrogen and oxygen atoms in total. The van der Waals surface area contributed by atoms with Crippen LogP contribution in [-0.4, -0.2) is 33.8 Å². The number of hydrogen-bond acceptors (Lipinski definition) is 6. The Morgan fingerprint density at radius 3 is 2.47 bits per heavy atom. The van der Waals surface area contributed by atoms with Crippen LogP contribution >= 0.6 is 22.9 Å². The Balaban J connectivity index is 1.76. The summed E-state index contributed by atoms with van der Waals surface area (Å²) < 4.78 is 32.1. The van der Waals surface area contributed by atoms with E-state index in [2.05, 4.69) is 0 Å². The van der Waals surface area contributed by atoms with Crippen LogP contribution in [0, 0.1) is 6.92 Å². The Kier molecular flexibility index (Phi) is 6.60. The first-order valence-electron chi connectivity index (χ1n) is 8.80. The predicted octanol–water partition coefficient (Wildman–Crippen LogP) is 4.57. The van der Waals surface area contributed by atoms with E-state index >= 15 is 0 Å². The van der Waals surface area contributed by atoms with Gasteiger partial charge in [-0.1, -0.05) is 23.7 Å². The molecule has 0 saturated heterocycles. The number of aryl methyl sites for hydroxylation is 1. The van der Waals surface area contributed by atoms with E-state index in [-0.39, 0.29) is 16.2 Å². The minimum absolute atomic E-state index is 0.0331. The molecule has 2 aromatic carbocycles. The molecule has 0 aliphatic heterocycles. The van der Waals surface area contributed by atoms with Gasteiger partial charge in [0.2, 0.25) is 5.78 Å². The fourth-order valence-electron chi connectivity index (χ4n) is 2.62. The molecule has 3 rings (SSSR count). The number of anilines is 1. The van der Waals surface area contributed by atoms with Crippen molar-refractivity contribution in [3.63, 3.8) is 0 Å². The highest BCUT2D eigenvalue weighted by Gasteiger charge is 2.23. The van der Waals surface area contributed by atoms with Crippen LogP contribution in [0.25, 0.3) is 0 Å². The van der Waals surface area contributed by atoms with E-state index in [0.29, 0.717) is 15.6 Å². The number of esters is 1. The average molecular weight is 464 g/mol. The number of benzene rings is 2. The van der Waals surface area contributed by atoms with Gasteiger partial charge in [-0.2, -0.15) is 0 Å². The fourth-order valence-corrected chi connectivity index (χ4v) is 4.83. The number of Topliss-reactive ketones (excluding diaryl/α,β-unsaturated/α-hetero) is 1. The van der Waals surface area contributed by atoms with Crippen molar-refractivity contribution in [2.24, 2.45) is 0 Å². The van der Waals surface area contributed by atoms with Gasteiger partial charge in [0.15, 0.2) is 6.61 Å². The zero-order valence-electron chi connectivity index (χ0n) is 16.2. The molecule has 0 atom stereocenters. The Labute approximate surface area is 183 Å². The molecule has 0 radical (unpaired) electrons. The zero-order valence-corrected chi connectivity index (χ0v) is 18.6. The van der Waals surface area contributed by atoms with Crippen LogP contribution in [0.5, 0.6) is 0 Å². The normalized spacial score (nSPS) is 11.2. The Bertz CT molecular complexity index is 1200. The number of ketones is 1. The Morgan fingerprint density at radius 2 is 1.80 bits per heavy atom. The lowest BCUT2D eigenvalue weighted by atomic mass is 10.2. The molecular formula is C21H18ClNO5S2. The second-order valence-electron chi connectivity index (χ2n) is 6.39. The number of nitrogens with zero attached hydrogens (tertiary/aromatic N) is 1. The summed E-state index contributed by atoms with van der Waals surface area (Å²) >= 11 is 7.26. The quantitative estimate of drug-likeness (QED) is 0.378. The number of thiophene rings is 1. The number of rotatable bonds is 7. The first kappa shape index (κ1) is 22.0. The van der Waals surface area contributed by atoms with Gasteiger partial charge < -0.3 is 4.74 Å². The van der Waals surface area contributed by atoms with Crippen LogP contribution in [-0.2, 0) is 14.8 Å². The summed E-state index contributed by atoms with van der Waals surface area (Å²) in [4.78, 5) is 25.9. The molecule has 1 heterocycles. The molecule has 0 amide bonds. The molecule has 0 spiro atoms. The smallest absolute Gasteiger partial charge is 0.338 e. The van der Waals surface area contributed by atoms with E-state index in [0.717, 1.165) is 9.18 Å². The highest BCUT2D eigenvalue weighted by molar-refractivity contribution is 7.92. The van der Waals surface area contributed by atoms with Gasteiger partial charge in [-0.15, -0.1) is 11.3 Å². The van der Waals surface area contributed by atoms with Crippen LogP contribution in [0.3, 0.4) is 0 Å². The van der Waals surface area contributed by atoms with Crippen molar-refractivity contribution in [1.82, 2.24) is 0 Å². The number of sulfonamides is 1. The Hall–Kier alpha value is -2.68. The lowest BCUT2D eigenvalue weighted by Gasteiger charge is -2.20. The summed E-state index contributed by atoms with van der Waals surface area (Å²) in [6, 6.07) is 15.4. The topological polar surface area (TPSA) is 80.8 Å². The van der Waals surface area contributed by atoms with Gasteiger partial charge in [0.1, 0.15) is 0 Å². The fraction of sp³-hybridized carbons (Fsp3) is 0.143. The minimum Gasteiger partial charge on any atom is -0.454 e. The summed E-state index contributed by atoms with van der Waals surface area (Å²) in [5.41, 5.74) is 0.415. The molecule has 0 aliphatic rings. The van der Waals surface area contributed by atoms with Gasteiger partial charge in [-0.25, -0.2) is 13.2 Å². The van der Waals surface area contributed by atoms with Gasteiger partial charge >= 0.3 is 5.97 Å². The first-order chi connectivity index (χ1) is 14.2. The number of halogens is 1. The molecule has 0 aliphatic carbocycles. The second kappa shape index (κ2) is 8.99. The molecular weight excluding hydrogens is 446 g/mol. The maximum atomic E-state index is 13.0. The number of carbonyl (C=O) groups excluding carboxylic acids is 2. The molecule has 0 bridgehead atoms. The van der Waals surface area contributed by atoms with Crippen molar-refractivity contribution in [2.75, 3.05) is 18.0 Å². The highest BCUT2D eigenvalue weighted by atomic mass is 35.5. The van der Waals surface area contributed by atoms with Crippen molar-refractivity contribution in [3.8, 4) is 0 Å². The molecule has 156 valence electrons. The Morgan fingerprint density at radius 1 is 1.07 bits per heavy atom. The lowest BCUT2D eigenvalue weighted by Crippen LogP contribution is -2.26. The van der Waals surface area contributed by atoms with Crippen LogP contribution < -0.4 is 4.31 Å². The number of ether oxygens (including phenoxy) is 1. The van der Waals surface area contributed by atoms with Gasteiger partial charge in [0.05, 0.1) is 21.0 Å². The van der Waals surface area contributed by atoms with E-state index < -0.39 is 22.6 Å². The summed E-state index contributed by atoms with van der Waals surface area (Å²) in [5, 5.41) is 0.400. The second-order valence-corrected chi connectivity index (χ2v) is 10.1. The zero-order chi connectivity index (χ0) is 21.9. The average Bonchev–Trinajstić information content (AvgIpc) is 3.17. The monoisotopic (exact) mass is 463 g/mol. The third-order valence-electron chi connectivity index (χ3n) is 4.25. The molecule has 0 N–H and O–H groups in total. The van der Waals surface area contributed by atoms with Crippen LogP contribution in [0.2, 0.25) is 5.02 Å². The maximum Gasteiger partial charge on any atom is 0.338 e. The molecule has 0 fully saturated rings. The van der Waals surface area contributed by atoms with Gasteiger partial charge in [0, 0.05) is 16.9 Å². The largest absolute Gasteiger partial charge is 0.454 e. The first-order valence-corrected chi connectivity index (χ1v) is 11.4. The summed E-state index contributed by atoms with van der Waals surface area (Å²) in [6.07, 6.45) is 0. The van der Waals surface area contributed by atoms with E-state index in [1.807, 2.05) is 13.0 Å². The van der Waals surface area contributed by atoms with Gasteiger partial charge in [0.25, 0.3) is 10.0 Å². The SMILES string of the molecule is Cc1ccc(C(=O)COC(=O)c2cccc(S(=O)(=O)N(C)c3cccc(Cl)c3)c2)s1. The van der Waals surface area contributed by atoms with Gasteiger partial charge in [-0.05, 0) is 55.5 Å². The third-order valence-corrected chi connectivity index (χ3v) is 7.31. The van der Waals surface area contributed by atoms with Crippen molar-refractivity contribution < 1.29 is 22.7 Å². The number of carbonyl (C=O) groups is 2. The van der Waals surface area contributed by atoms with Gasteiger partial charge in [-0.3, -0.25) is 9.10 Å². The number of hydrogen-bond donors (Lipinski definition) is 0. The highest BCUT2D eigenvalue weighted by Crippen LogP contribution is 2.25. The summed E-state index contributed by atoms with van der Waals surface area (Å²) in [5.74, 6) is -1.09. The molecule has 3 aromatic rings. The molecule has 1 aromatic heterocycles. The van der Waals surface area contributed by atoms with Crippen LogP contribution in [0.1, 0.15) is 24.9 Å². The minimum atomic E-state index is -3.93. The predicted molar refractivity (Wildman–Crippen MR) is 117 cm³/mol. The van der Waals surface area contributed by atoms with E-state index in [1.165, 1.54) is 48.7 Å². The summed E-state index contributed by atoms with van der Waals surface area (Å²) in [7, 11) is -2.54. The maximum absolute atomic E-state index is 13.0. The third kappa shape index (κ3) is 4.89. The standard InChI is InChI=1S/C21H18ClNO5S2/c1-14-9-10-20(29-14)19(24)13-28-21(25)15-5-3-8-18(11-15)30(26,27)23(2)17-7-4-6-16(22)12-17/h3-12H,13H2,1-2H3. The van der Waals surface area contributed by atoms with Crippen LogP contribution in [0.15, 0.2) is 65.6 Å². The van der Waals surface area contributed by atoms with Crippen molar-refractivity contribution in [1.29, 1.82) is 0 Å². The van der Waals surface area contributed by atoms with Crippen molar-refractivity contribution >= 4 is 50.4 Å². The van der Waals surface area contributed by atoms with E-state index in [1.54, 1.807) is 24.3 Å². The van der Waals surface area contributed by atoms with E-state index in [9.17, 15) is 18.0 Å². The molecule has 0 saturated carbocycles. The molecule has 9 heteroatoms.